The first-order valence-electron chi connectivity index (χ1n) is 18.8. The first-order valence-corrected chi connectivity index (χ1v) is 20.3. The van der Waals surface area contributed by atoms with Crippen molar-refractivity contribution in [1.29, 1.82) is 0 Å². The smallest absolute Gasteiger partial charge is 0.417 e. The van der Waals surface area contributed by atoms with Crippen LogP contribution in [-0.4, -0.2) is 106 Å². The number of carbonyl (C=O) groups is 7. The molecule has 1 saturated heterocycles. The van der Waals surface area contributed by atoms with E-state index in [1.807, 2.05) is 20.8 Å². The summed E-state index contributed by atoms with van der Waals surface area (Å²) < 4.78 is 11.5. The van der Waals surface area contributed by atoms with E-state index in [9.17, 15) is 33.6 Å². The highest BCUT2D eigenvalue weighted by Gasteiger charge is 2.42. The van der Waals surface area contributed by atoms with E-state index in [0.717, 1.165) is 22.2 Å². The van der Waals surface area contributed by atoms with E-state index in [2.05, 4.69) is 33.9 Å². The molecular weight excluding hydrogens is 773 g/mol. The number of imide groups is 1. The molecule has 6 N–H and O–H groups in total. The third-order valence-electron chi connectivity index (χ3n) is 8.41. The third kappa shape index (κ3) is 16.0. The Hall–Kier alpha value is -4.61. The third-order valence-corrected chi connectivity index (χ3v) is 9.91. The van der Waals surface area contributed by atoms with E-state index in [1.54, 1.807) is 75.4 Å². The molecule has 0 radical (unpaired) electrons. The molecule has 0 bridgehead atoms. The van der Waals surface area contributed by atoms with E-state index in [-0.39, 0.29) is 44.4 Å². The summed E-state index contributed by atoms with van der Waals surface area (Å²) in [5, 5.41) is 9.14. The molecule has 57 heavy (non-hydrogen) atoms. The quantitative estimate of drug-likeness (QED) is 0.135. The van der Waals surface area contributed by atoms with Crippen LogP contribution in [0.4, 0.5) is 4.79 Å². The van der Waals surface area contributed by atoms with Gasteiger partial charge in [-0.3, -0.25) is 28.8 Å². The molecule has 3 rings (SSSR count). The Labute approximate surface area is 344 Å². The van der Waals surface area contributed by atoms with Gasteiger partial charge in [-0.15, -0.1) is 0 Å². The Kier molecular flexibility index (Phi) is 17.9. The van der Waals surface area contributed by atoms with Crippen LogP contribution in [0.2, 0.25) is 0 Å². The Balaban J connectivity index is 1.97. The zero-order valence-electron chi connectivity index (χ0n) is 33.4. The fourth-order valence-electron chi connectivity index (χ4n) is 5.83. The minimum Gasteiger partial charge on any atom is -0.488 e. The van der Waals surface area contributed by atoms with E-state index in [4.69, 9.17) is 15.2 Å². The van der Waals surface area contributed by atoms with Gasteiger partial charge in [-0.1, -0.05) is 54.2 Å². The van der Waals surface area contributed by atoms with Gasteiger partial charge >= 0.3 is 6.09 Å². The molecule has 2 aromatic carbocycles. The summed E-state index contributed by atoms with van der Waals surface area (Å²) in [6.07, 6.45) is -0.540. The average molecular weight is 829 g/mol. The summed E-state index contributed by atoms with van der Waals surface area (Å²) in [5.74, 6) is -2.26. The van der Waals surface area contributed by atoms with Crippen LogP contribution in [0.1, 0.15) is 71.9 Å². The van der Waals surface area contributed by atoms with Gasteiger partial charge in [-0.2, -0.15) is 12.6 Å². The molecule has 5 atom stereocenters. The molecule has 1 unspecified atom stereocenters. The highest BCUT2D eigenvalue weighted by atomic mass is 32.2. The van der Waals surface area contributed by atoms with E-state index in [0.29, 0.717) is 17.7 Å². The van der Waals surface area contributed by atoms with Gasteiger partial charge in [0.1, 0.15) is 35.1 Å². The fourth-order valence-corrected chi connectivity index (χ4v) is 7.22. The van der Waals surface area contributed by atoms with Crippen LogP contribution in [0, 0.1) is 0 Å². The molecule has 15 nitrogen and oxygen atoms in total. The maximum absolute atomic E-state index is 14.5. The normalized spacial score (nSPS) is 20.9. The monoisotopic (exact) mass is 828 g/mol. The van der Waals surface area contributed by atoms with Crippen LogP contribution in [0.5, 0.6) is 5.75 Å². The topological polar surface area (TPSA) is 215 Å². The molecular formula is C40H56N6O9S2. The Morgan fingerprint density at radius 2 is 1.65 bits per heavy atom. The summed E-state index contributed by atoms with van der Waals surface area (Å²) >= 11 is 5.11. The highest BCUT2D eigenvalue weighted by Crippen LogP contribution is 2.26. The minimum atomic E-state index is -1.38. The molecule has 1 aliphatic heterocycles. The number of nitrogens with one attached hydrogen (secondary N) is 4. The van der Waals surface area contributed by atoms with E-state index >= 15 is 0 Å². The Bertz CT molecular complexity index is 1700. The first kappa shape index (κ1) is 46.8. The number of thiol groups is 1. The summed E-state index contributed by atoms with van der Waals surface area (Å²) in [4.78, 5) is 95.1. The van der Waals surface area contributed by atoms with Gasteiger partial charge in [0, 0.05) is 18.2 Å². The predicted molar refractivity (Wildman–Crippen MR) is 221 cm³/mol. The number of carbonyl (C=O) groups excluding carboxylic acids is 7. The van der Waals surface area contributed by atoms with Crippen molar-refractivity contribution < 1.29 is 43.0 Å². The fraction of sp³-hybridized carbons (Fsp3) is 0.525. The van der Waals surface area contributed by atoms with Crippen LogP contribution >= 0.6 is 24.4 Å². The number of hydrogen-bond acceptors (Lipinski definition) is 12. The van der Waals surface area contributed by atoms with Gasteiger partial charge in [-0.05, 0) is 96.2 Å². The number of rotatable bonds is 12. The molecule has 17 heteroatoms. The lowest BCUT2D eigenvalue weighted by molar-refractivity contribution is -0.140. The second-order valence-corrected chi connectivity index (χ2v) is 17.4. The molecule has 6 amide bonds. The van der Waals surface area contributed by atoms with Gasteiger partial charge in [0.05, 0.1) is 12.6 Å². The van der Waals surface area contributed by atoms with Gasteiger partial charge < -0.3 is 36.5 Å². The standard InChI is InChI=1S/C40H56N6O9S2/c1-39(2,3)54-27-14-12-26(13-15-27)20-29(41)34(49)45-30-17-16-28(22-42-24-47)57-37(52)32(18-19-56)46(38(53)55-40(4,5)6)36(51)31(21-25-10-8-7-9-11-25)44-33(48)23-43-35(30)50/h7-15,24,28-32,56H,16-23,41H2,1-6H3,(H,42,47)(H,43,50)(H,44,48)(H,45,49)/t28?,29-,30-,31-,32-/m0/s1. The zero-order chi connectivity index (χ0) is 42.3. The lowest BCUT2D eigenvalue weighted by atomic mass is 10.0. The molecule has 0 aliphatic carbocycles. The summed E-state index contributed by atoms with van der Waals surface area (Å²) in [6.45, 7) is 10.0. The van der Waals surface area contributed by atoms with Crippen molar-refractivity contribution >= 4 is 65.6 Å². The minimum absolute atomic E-state index is 0.0265. The van der Waals surface area contributed by atoms with Crippen molar-refractivity contribution in [3.63, 3.8) is 0 Å². The summed E-state index contributed by atoms with van der Waals surface area (Å²) in [6, 6.07) is 10.9. The van der Waals surface area contributed by atoms with Crippen LogP contribution in [0.15, 0.2) is 54.6 Å². The van der Waals surface area contributed by atoms with Crippen molar-refractivity contribution in [2.75, 3.05) is 18.8 Å². The molecule has 312 valence electrons. The van der Waals surface area contributed by atoms with Crippen LogP contribution in [-0.2, 0) is 46.3 Å². The van der Waals surface area contributed by atoms with E-state index in [1.165, 1.54) is 0 Å². The number of amides is 6. The number of benzene rings is 2. The molecule has 1 fully saturated rings. The first-order chi connectivity index (χ1) is 26.8. The number of nitrogens with two attached hydrogens (primary N) is 1. The number of ether oxygens (including phenoxy) is 2. The lowest BCUT2D eigenvalue weighted by Gasteiger charge is -2.34. The van der Waals surface area contributed by atoms with Crippen molar-refractivity contribution in [3.05, 3.63) is 65.7 Å². The van der Waals surface area contributed by atoms with Crippen molar-refractivity contribution in [3.8, 4) is 5.75 Å². The van der Waals surface area contributed by atoms with Crippen molar-refractivity contribution in [1.82, 2.24) is 26.2 Å². The van der Waals surface area contributed by atoms with Gasteiger partial charge in [0.2, 0.25) is 29.2 Å². The summed E-state index contributed by atoms with van der Waals surface area (Å²) in [5.41, 5.74) is 6.26. The zero-order valence-corrected chi connectivity index (χ0v) is 35.1. The molecule has 0 spiro atoms. The van der Waals surface area contributed by atoms with Gasteiger partial charge in [0.15, 0.2) is 0 Å². The second kappa shape index (κ2) is 21.8. The van der Waals surface area contributed by atoms with Crippen LogP contribution in [0.3, 0.4) is 0 Å². The highest BCUT2D eigenvalue weighted by molar-refractivity contribution is 8.14. The molecule has 2 aromatic rings. The number of nitrogens with zero attached hydrogens (tertiary/aromatic N) is 1. The van der Waals surface area contributed by atoms with Crippen LogP contribution in [0.25, 0.3) is 0 Å². The maximum Gasteiger partial charge on any atom is 0.417 e. The van der Waals surface area contributed by atoms with E-state index < -0.39 is 82.0 Å². The van der Waals surface area contributed by atoms with Gasteiger partial charge in [0.25, 0.3) is 5.91 Å². The molecule has 1 heterocycles. The average Bonchev–Trinajstić information content (AvgIpc) is 3.13. The van der Waals surface area contributed by atoms with Gasteiger partial charge in [-0.25, -0.2) is 9.69 Å². The van der Waals surface area contributed by atoms with Crippen LogP contribution < -0.4 is 31.7 Å². The number of hydrogen-bond donors (Lipinski definition) is 6. The Morgan fingerprint density at radius 3 is 2.25 bits per heavy atom. The molecule has 1 aliphatic rings. The second-order valence-electron chi connectivity index (χ2n) is 15.6. The van der Waals surface area contributed by atoms with Crippen molar-refractivity contribution in [2.24, 2.45) is 5.73 Å². The Morgan fingerprint density at radius 1 is 0.982 bits per heavy atom. The SMILES string of the molecule is CC(C)(C)OC(=O)N1C(=O)[C@H](Cc2ccccc2)NC(=O)CNC(=O)[C@@H](NC(=O)[C@@H](N)Cc2ccc(OC(C)(C)C)cc2)CCC(CNC=O)SC(=O)[C@@H]1CCS. The largest absolute Gasteiger partial charge is 0.488 e. The molecule has 0 saturated carbocycles. The lowest BCUT2D eigenvalue weighted by Crippen LogP contribution is -2.58. The number of thioether (sulfide) groups is 1. The summed E-state index contributed by atoms with van der Waals surface area (Å²) in [7, 11) is 0. The van der Waals surface area contributed by atoms with Crippen molar-refractivity contribution in [2.45, 2.75) is 114 Å². The molecule has 0 aromatic heterocycles. The predicted octanol–water partition coefficient (Wildman–Crippen LogP) is 2.68. The maximum atomic E-state index is 14.5.